The summed E-state index contributed by atoms with van der Waals surface area (Å²) in [6, 6.07) is 4.15. The molecule has 16 heavy (non-hydrogen) atoms. The molecule has 0 fully saturated rings. The van der Waals surface area contributed by atoms with Gasteiger partial charge in [-0.1, -0.05) is 0 Å². The number of nitrogens with zero attached hydrogens (tertiary/aromatic N) is 2. The zero-order valence-electron chi connectivity index (χ0n) is 8.70. The van der Waals surface area contributed by atoms with Gasteiger partial charge in [0.25, 0.3) is 0 Å². The normalized spacial score (nSPS) is 10.9. The van der Waals surface area contributed by atoms with Crippen molar-refractivity contribution < 1.29 is 0 Å². The number of nitrogens with one attached hydrogen (secondary N) is 1. The number of aryl methyl sites for hydroxylation is 1. The number of rotatable bonds is 4. The second-order valence-corrected chi connectivity index (χ2v) is 6.69. The van der Waals surface area contributed by atoms with Gasteiger partial charge in [-0.2, -0.15) is 5.10 Å². The topological polar surface area (TPSA) is 29.9 Å². The number of halogens is 2. The average Bonchev–Trinajstić information content (AvgIpc) is 2.76. The van der Waals surface area contributed by atoms with E-state index in [4.69, 9.17) is 0 Å². The minimum absolute atomic E-state index is 0.837. The van der Waals surface area contributed by atoms with Crippen molar-refractivity contribution in [3.63, 3.8) is 0 Å². The fourth-order valence-electron chi connectivity index (χ4n) is 1.37. The molecule has 2 heterocycles. The Kier molecular flexibility index (Phi) is 4.18. The van der Waals surface area contributed by atoms with Gasteiger partial charge in [0.1, 0.15) is 0 Å². The van der Waals surface area contributed by atoms with E-state index in [0.29, 0.717) is 0 Å². The predicted octanol–water partition coefficient (Wildman–Crippen LogP) is 3.30. The third kappa shape index (κ3) is 2.94. The monoisotopic (exact) mass is 363 g/mol. The van der Waals surface area contributed by atoms with E-state index in [1.54, 1.807) is 11.3 Å². The Morgan fingerprint density at radius 2 is 2.25 bits per heavy atom. The Labute approximate surface area is 115 Å². The van der Waals surface area contributed by atoms with Crippen LogP contribution < -0.4 is 5.32 Å². The Morgan fingerprint density at radius 1 is 1.44 bits per heavy atom. The minimum Gasteiger partial charge on any atom is -0.306 e. The van der Waals surface area contributed by atoms with E-state index in [1.807, 2.05) is 24.0 Å². The van der Waals surface area contributed by atoms with Crippen molar-refractivity contribution in [3.8, 4) is 0 Å². The molecular formula is C10H11Br2N3S. The average molecular weight is 365 g/mol. The van der Waals surface area contributed by atoms with Crippen LogP contribution in [0.25, 0.3) is 0 Å². The van der Waals surface area contributed by atoms with Gasteiger partial charge in [0.05, 0.1) is 9.48 Å². The maximum Gasteiger partial charge on any atom is 0.0843 e. The third-order valence-electron chi connectivity index (χ3n) is 2.22. The van der Waals surface area contributed by atoms with E-state index in [9.17, 15) is 0 Å². The lowest BCUT2D eigenvalue weighted by Crippen LogP contribution is -2.14. The zero-order valence-corrected chi connectivity index (χ0v) is 12.7. The van der Waals surface area contributed by atoms with Crippen LogP contribution in [0.1, 0.15) is 10.6 Å². The molecule has 2 aromatic heterocycles. The van der Waals surface area contributed by atoms with Crippen LogP contribution in [0, 0.1) is 0 Å². The molecule has 0 aliphatic heterocycles. The number of aromatic nitrogens is 2. The highest BCUT2D eigenvalue weighted by molar-refractivity contribution is 9.13. The second-order valence-electron chi connectivity index (χ2n) is 3.38. The van der Waals surface area contributed by atoms with E-state index in [0.717, 1.165) is 21.3 Å². The van der Waals surface area contributed by atoms with Gasteiger partial charge in [0.2, 0.25) is 0 Å². The van der Waals surface area contributed by atoms with E-state index in [2.05, 4.69) is 48.3 Å². The van der Waals surface area contributed by atoms with Crippen LogP contribution in [-0.2, 0) is 20.1 Å². The minimum atomic E-state index is 0.837. The molecule has 86 valence electrons. The molecule has 0 saturated carbocycles. The fourth-order valence-corrected chi connectivity index (χ4v) is 3.51. The van der Waals surface area contributed by atoms with Gasteiger partial charge in [-0.15, -0.1) is 11.3 Å². The predicted molar refractivity (Wildman–Crippen MR) is 73.5 cm³/mol. The summed E-state index contributed by atoms with van der Waals surface area (Å²) in [5.74, 6) is 0. The molecule has 0 amide bonds. The summed E-state index contributed by atoms with van der Waals surface area (Å²) < 4.78 is 4.15. The molecule has 0 spiro atoms. The Morgan fingerprint density at radius 3 is 2.81 bits per heavy atom. The zero-order chi connectivity index (χ0) is 11.5. The van der Waals surface area contributed by atoms with Gasteiger partial charge in [-0.3, -0.25) is 4.68 Å². The lowest BCUT2D eigenvalue weighted by atomic mass is 10.4. The first-order chi connectivity index (χ1) is 7.66. The fraction of sp³-hybridized carbons (Fsp3) is 0.300. The van der Waals surface area contributed by atoms with Crippen LogP contribution in [0.5, 0.6) is 0 Å². The summed E-state index contributed by atoms with van der Waals surface area (Å²) in [5, 5.41) is 7.52. The Hall–Kier alpha value is -0.170. The Bertz CT molecular complexity index is 459. The van der Waals surface area contributed by atoms with Crippen molar-refractivity contribution in [3.05, 3.63) is 37.2 Å². The number of thiophene rings is 1. The molecule has 0 saturated heterocycles. The van der Waals surface area contributed by atoms with E-state index >= 15 is 0 Å². The molecule has 0 aliphatic carbocycles. The van der Waals surface area contributed by atoms with Crippen LogP contribution in [0.2, 0.25) is 0 Å². The molecule has 0 aliphatic rings. The van der Waals surface area contributed by atoms with E-state index in [1.165, 1.54) is 10.6 Å². The van der Waals surface area contributed by atoms with Crippen molar-refractivity contribution in [2.45, 2.75) is 13.1 Å². The molecule has 3 nitrogen and oxygen atoms in total. The van der Waals surface area contributed by atoms with Gasteiger partial charge in [0.15, 0.2) is 0 Å². The van der Waals surface area contributed by atoms with Crippen molar-refractivity contribution >= 4 is 43.2 Å². The highest BCUT2D eigenvalue weighted by atomic mass is 79.9. The lowest BCUT2D eigenvalue weighted by molar-refractivity contribution is 0.629. The molecule has 2 rings (SSSR count). The second kappa shape index (κ2) is 5.44. The van der Waals surface area contributed by atoms with Crippen molar-refractivity contribution in [1.82, 2.24) is 15.1 Å². The maximum atomic E-state index is 4.12. The Balaban J connectivity index is 1.87. The van der Waals surface area contributed by atoms with Crippen LogP contribution >= 0.6 is 43.2 Å². The molecule has 2 aromatic rings. The summed E-state index contributed by atoms with van der Waals surface area (Å²) >= 11 is 8.71. The first-order valence-electron chi connectivity index (χ1n) is 4.78. The molecule has 0 atom stereocenters. The van der Waals surface area contributed by atoms with Crippen LogP contribution in [-0.4, -0.2) is 9.78 Å². The van der Waals surface area contributed by atoms with E-state index < -0.39 is 0 Å². The molecule has 0 bridgehead atoms. The summed E-state index contributed by atoms with van der Waals surface area (Å²) in [6.07, 6.45) is 1.81. The van der Waals surface area contributed by atoms with Gasteiger partial charge in [0, 0.05) is 35.7 Å². The summed E-state index contributed by atoms with van der Waals surface area (Å²) in [5.41, 5.74) is 1.19. The summed E-state index contributed by atoms with van der Waals surface area (Å²) in [4.78, 5) is 1.31. The smallest absolute Gasteiger partial charge is 0.0843 e. The first kappa shape index (κ1) is 12.3. The number of hydrogen-bond donors (Lipinski definition) is 1. The summed E-state index contributed by atoms with van der Waals surface area (Å²) in [6.45, 7) is 1.71. The SMILES string of the molecule is Cn1nccc1CNCc1cc(Br)c(Br)s1. The molecule has 6 heteroatoms. The van der Waals surface area contributed by atoms with Gasteiger partial charge < -0.3 is 5.32 Å². The molecule has 1 N–H and O–H groups in total. The van der Waals surface area contributed by atoms with Crippen molar-refractivity contribution in [2.24, 2.45) is 7.05 Å². The van der Waals surface area contributed by atoms with Crippen LogP contribution in [0.4, 0.5) is 0 Å². The molecule has 0 radical (unpaired) electrons. The first-order valence-corrected chi connectivity index (χ1v) is 7.18. The van der Waals surface area contributed by atoms with Crippen molar-refractivity contribution in [1.29, 1.82) is 0 Å². The largest absolute Gasteiger partial charge is 0.306 e. The highest BCUT2D eigenvalue weighted by Crippen LogP contribution is 2.32. The molecule has 0 unspecified atom stereocenters. The third-order valence-corrected chi connectivity index (χ3v) is 5.48. The maximum absolute atomic E-state index is 4.12. The quantitative estimate of drug-likeness (QED) is 0.901. The highest BCUT2D eigenvalue weighted by Gasteiger charge is 2.04. The van der Waals surface area contributed by atoms with Crippen molar-refractivity contribution in [2.75, 3.05) is 0 Å². The van der Waals surface area contributed by atoms with Gasteiger partial charge in [-0.05, 0) is 44.0 Å². The summed E-state index contributed by atoms with van der Waals surface area (Å²) in [7, 11) is 1.95. The molecular weight excluding hydrogens is 354 g/mol. The van der Waals surface area contributed by atoms with Gasteiger partial charge in [-0.25, -0.2) is 0 Å². The van der Waals surface area contributed by atoms with Crippen LogP contribution in [0.3, 0.4) is 0 Å². The number of hydrogen-bond acceptors (Lipinski definition) is 3. The standard InChI is InChI=1S/C10H11Br2N3S/c1-15-7(2-3-14-15)5-13-6-8-4-9(11)10(12)16-8/h2-4,13H,5-6H2,1H3. The van der Waals surface area contributed by atoms with Gasteiger partial charge >= 0.3 is 0 Å². The van der Waals surface area contributed by atoms with Crippen LogP contribution in [0.15, 0.2) is 26.6 Å². The molecule has 0 aromatic carbocycles. The van der Waals surface area contributed by atoms with E-state index in [-0.39, 0.29) is 0 Å². The lowest BCUT2D eigenvalue weighted by Gasteiger charge is -2.03.